The van der Waals surface area contributed by atoms with Crippen LogP contribution in [0.2, 0.25) is 0 Å². The number of ether oxygens (including phenoxy) is 1. The second-order valence-electron chi connectivity index (χ2n) is 10.5. The van der Waals surface area contributed by atoms with Gasteiger partial charge in [-0.1, -0.05) is 0 Å². The van der Waals surface area contributed by atoms with Gasteiger partial charge in [-0.2, -0.15) is 14.6 Å². The third-order valence-corrected chi connectivity index (χ3v) is 8.46. The number of furan rings is 1. The van der Waals surface area contributed by atoms with E-state index in [1.54, 1.807) is 41.0 Å². The molecule has 13 nitrogen and oxygen atoms in total. The van der Waals surface area contributed by atoms with Crippen molar-refractivity contribution in [3.05, 3.63) is 58.7 Å². The van der Waals surface area contributed by atoms with Crippen molar-refractivity contribution in [2.24, 2.45) is 7.05 Å². The summed E-state index contributed by atoms with van der Waals surface area (Å²) < 4.78 is 67.0. The number of imidazole rings is 1. The molecule has 0 atom stereocenters. The Bertz CT molecular complexity index is 1980. The van der Waals surface area contributed by atoms with Crippen molar-refractivity contribution >= 4 is 38.2 Å². The summed E-state index contributed by atoms with van der Waals surface area (Å²) in [6.07, 6.45) is 2.61. The summed E-state index contributed by atoms with van der Waals surface area (Å²) >= 11 is 0. The number of benzene rings is 1. The second kappa shape index (κ2) is 11.0. The number of hydrogen-bond acceptors (Lipinski definition) is 10. The van der Waals surface area contributed by atoms with Gasteiger partial charge in [0.15, 0.2) is 32.8 Å². The number of fused-ring (bicyclic) bond motifs is 3. The van der Waals surface area contributed by atoms with Crippen LogP contribution in [-0.2, 0) is 23.4 Å². The molecule has 0 aliphatic carbocycles. The van der Waals surface area contributed by atoms with E-state index in [0.717, 1.165) is 12.3 Å². The third-order valence-electron chi connectivity index (χ3n) is 7.55. The van der Waals surface area contributed by atoms with Crippen LogP contribution >= 0.6 is 0 Å². The number of nitrogens with zero attached hydrogens (tertiary/aromatic N) is 7. The molecule has 16 heteroatoms. The van der Waals surface area contributed by atoms with E-state index in [9.17, 15) is 22.0 Å². The monoisotopic (exact) mass is 616 g/mol. The number of aromatic nitrogens is 5. The van der Waals surface area contributed by atoms with Gasteiger partial charge in [-0.05, 0) is 18.2 Å². The van der Waals surface area contributed by atoms with Gasteiger partial charge < -0.3 is 19.8 Å². The molecule has 0 saturated carbocycles. The van der Waals surface area contributed by atoms with Crippen molar-refractivity contribution in [2.75, 3.05) is 62.0 Å². The molecule has 0 spiro atoms. The minimum Gasteiger partial charge on any atom is -0.489 e. The predicted octanol–water partition coefficient (Wildman–Crippen LogP) is 1.75. The molecule has 1 fully saturated rings. The number of sulfone groups is 1. The number of nitrogen functional groups attached to an aromatic ring is 1. The SMILES string of the molecule is Cn1c(=O)n(CCN2CCN(c3cc(OCCS(C)(=O)=O)c(F)cc3F)CC2)c2nc(N)n3nc(-c4ccco4)cc3c21. The van der Waals surface area contributed by atoms with Crippen LogP contribution in [0.5, 0.6) is 5.75 Å². The van der Waals surface area contributed by atoms with Gasteiger partial charge in [-0.25, -0.2) is 22.0 Å². The molecule has 0 radical (unpaired) electrons. The summed E-state index contributed by atoms with van der Waals surface area (Å²) in [7, 11) is -1.61. The molecule has 0 unspecified atom stereocenters. The van der Waals surface area contributed by atoms with Crippen molar-refractivity contribution in [2.45, 2.75) is 6.54 Å². The molecule has 1 aromatic carbocycles. The average molecular weight is 617 g/mol. The molecular formula is C27H30F2N8O5S. The Morgan fingerprint density at radius 2 is 1.86 bits per heavy atom. The van der Waals surface area contributed by atoms with Crippen LogP contribution in [0.4, 0.5) is 20.4 Å². The van der Waals surface area contributed by atoms with Crippen LogP contribution in [0, 0.1) is 11.6 Å². The molecule has 5 heterocycles. The quantitative estimate of drug-likeness (QED) is 0.260. The molecule has 6 rings (SSSR count). The topological polar surface area (TPSA) is 146 Å². The first-order chi connectivity index (χ1) is 20.5. The highest BCUT2D eigenvalue weighted by atomic mass is 32.2. The predicted molar refractivity (Wildman–Crippen MR) is 156 cm³/mol. The normalized spacial score (nSPS) is 14.7. The molecule has 1 aliphatic heterocycles. The smallest absolute Gasteiger partial charge is 0.330 e. The van der Waals surface area contributed by atoms with E-state index in [1.807, 2.05) is 0 Å². The largest absolute Gasteiger partial charge is 0.489 e. The van der Waals surface area contributed by atoms with E-state index < -0.39 is 21.5 Å². The highest BCUT2D eigenvalue weighted by Crippen LogP contribution is 2.30. The van der Waals surface area contributed by atoms with Gasteiger partial charge in [0.05, 0.1) is 23.2 Å². The van der Waals surface area contributed by atoms with Gasteiger partial charge in [-0.3, -0.25) is 14.0 Å². The molecule has 0 bridgehead atoms. The van der Waals surface area contributed by atoms with Gasteiger partial charge >= 0.3 is 5.69 Å². The van der Waals surface area contributed by atoms with Gasteiger partial charge in [0.2, 0.25) is 5.95 Å². The minimum atomic E-state index is -3.29. The number of hydrogen-bond donors (Lipinski definition) is 1. The van der Waals surface area contributed by atoms with Gasteiger partial charge in [0, 0.05) is 64.7 Å². The summed E-state index contributed by atoms with van der Waals surface area (Å²) in [6.45, 7) is 2.68. The van der Waals surface area contributed by atoms with E-state index in [4.69, 9.17) is 14.9 Å². The van der Waals surface area contributed by atoms with Crippen molar-refractivity contribution in [3.63, 3.8) is 0 Å². The average Bonchev–Trinajstić information content (AvgIpc) is 3.69. The Labute approximate surface area is 244 Å². The van der Waals surface area contributed by atoms with E-state index in [-0.39, 0.29) is 35.4 Å². The fraction of sp³-hybridized carbons (Fsp3) is 0.370. The lowest BCUT2D eigenvalue weighted by molar-refractivity contribution is 0.247. The fourth-order valence-corrected chi connectivity index (χ4v) is 5.69. The summed E-state index contributed by atoms with van der Waals surface area (Å²) in [5.41, 5.74) is 8.40. The first-order valence-electron chi connectivity index (χ1n) is 13.6. The number of rotatable bonds is 9. The second-order valence-corrected chi connectivity index (χ2v) is 12.7. The molecule has 4 aromatic heterocycles. The summed E-state index contributed by atoms with van der Waals surface area (Å²) in [4.78, 5) is 21.7. The van der Waals surface area contributed by atoms with E-state index in [2.05, 4.69) is 15.0 Å². The standard InChI is InChI=1S/C27H30F2N8O5S/c1-33-24-21-15-19(22-4-3-11-41-22)32-37(21)26(30)31-25(24)36(27(33)38)10-7-34-5-8-35(9-6-34)20-16-23(18(29)14-17(20)28)42-12-13-43(2,39)40/h3-4,11,14-16H,5-10,12-13H2,1-2H3,(H2,30,31). The van der Waals surface area contributed by atoms with Crippen LogP contribution in [0.3, 0.4) is 0 Å². The van der Waals surface area contributed by atoms with Crippen LogP contribution in [0.15, 0.2) is 45.8 Å². The van der Waals surface area contributed by atoms with Gasteiger partial charge in [0.25, 0.3) is 0 Å². The maximum atomic E-state index is 14.7. The van der Waals surface area contributed by atoms with Crippen LogP contribution < -0.4 is 21.1 Å². The zero-order chi connectivity index (χ0) is 30.5. The number of halogens is 2. The zero-order valence-corrected chi connectivity index (χ0v) is 24.4. The fourth-order valence-electron chi connectivity index (χ4n) is 5.30. The first kappa shape index (κ1) is 28.7. The molecule has 0 amide bonds. The number of piperazine rings is 1. The first-order valence-corrected chi connectivity index (χ1v) is 15.6. The Balaban J connectivity index is 1.16. The lowest BCUT2D eigenvalue weighted by Gasteiger charge is -2.36. The molecule has 43 heavy (non-hydrogen) atoms. The Morgan fingerprint density at radius 1 is 1.09 bits per heavy atom. The minimum absolute atomic E-state index is 0.134. The molecule has 228 valence electrons. The van der Waals surface area contributed by atoms with Crippen LogP contribution in [-0.4, -0.2) is 88.4 Å². The lowest BCUT2D eigenvalue weighted by Crippen LogP contribution is -2.47. The lowest BCUT2D eigenvalue weighted by atomic mass is 10.2. The summed E-state index contributed by atoms with van der Waals surface area (Å²) in [6, 6.07) is 7.36. The molecule has 1 aliphatic rings. The summed E-state index contributed by atoms with van der Waals surface area (Å²) in [5, 5.41) is 4.50. The Kier molecular flexibility index (Phi) is 7.33. The molecule has 1 saturated heterocycles. The Hall–Kier alpha value is -4.44. The third kappa shape index (κ3) is 5.54. The van der Waals surface area contributed by atoms with E-state index in [0.29, 0.717) is 67.4 Å². The highest BCUT2D eigenvalue weighted by molar-refractivity contribution is 7.90. The maximum Gasteiger partial charge on any atom is 0.330 e. The molecular weight excluding hydrogens is 586 g/mol. The number of anilines is 2. The van der Waals surface area contributed by atoms with E-state index >= 15 is 0 Å². The molecule has 2 N–H and O–H groups in total. The van der Waals surface area contributed by atoms with Crippen molar-refractivity contribution in [1.82, 2.24) is 28.6 Å². The zero-order valence-electron chi connectivity index (χ0n) is 23.5. The van der Waals surface area contributed by atoms with Crippen molar-refractivity contribution in [1.29, 1.82) is 0 Å². The van der Waals surface area contributed by atoms with Crippen LogP contribution in [0.1, 0.15) is 0 Å². The number of nitrogens with two attached hydrogens (primary N) is 1. The summed E-state index contributed by atoms with van der Waals surface area (Å²) in [5.74, 6) is -1.40. The molecule has 5 aromatic rings. The maximum absolute atomic E-state index is 14.7. The van der Waals surface area contributed by atoms with Crippen LogP contribution in [0.25, 0.3) is 28.1 Å². The Morgan fingerprint density at radius 3 is 2.56 bits per heavy atom. The van der Waals surface area contributed by atoms with Crippen molar-refractivity contribution < 1.29 is 26.4 Å². The van der Waals surface area contributed by atoms with Crippen molar-refractivity contribution in [3.8, 4) is 17.2 Å². The van der Waals surface area contributed by atoms with Gasteiger partial charge in [-0.15, -0.1) is 0 Å². The number of aryl methyl sites for hydroxylation is 1. The van der Waals surface area contributed by atoms with Gasteiger partial charge in [0.1, 0.15) is 23.6 Å². The van der Waals surface area contributed by atoms with E-state index in [1.165, 1.54) is 15.1 Å². The highest BCUT2D eigenvalue weighted by Gasteiger charge is 2.24.